The maximum absolute atomic E-state index is 13.4. The molecule has 134 valence electrons. The van der Waals surface area contributed by atoms with Crippen molar-refractivity contribution in [2.24, 2.45) is 10.9 Å². The molecule has 0 amide bonds. The zero-order chi connectivity index (χ0) is 17.7. The summed E-state index contributed by atoms with van der Waals surface area (Å²) < 4.78 is 13.4. The topological polar surface area (TPSA) is 59.9 Å². The van der Waals surface area contributed by atoms with Crippen molar-refractivity contribution in [3.63, 3.8) is 0 Å². The Bertz CT molecular complexity index is 576. The molecule has 1 saturated heterocycles. The molecule has 0 aliphatic carbocycles. The van der Waals surface area contributed by atoms with Crippen LogP contribution >= 0.6 is 0 Å². The summed E-state index contributed by atoms with van der Waals surface area (Å²) in [5.74, 6) is 0.342. The molecular weight excluding hydrogens is 307 g/mol. The van der Waals surface area contributed by atoms with Crippen LogP contribution in [0, 0.1) is 11.7 Å². The predicted octanol–water partition coefficient (Wildman–Crippen LogP) is 2.32. The molecule has 1 fully saturated rings. The van der Waals surface area contributed by atoms with Crippen molar-refractivity contribution in [3.05, 3.63) is 29.6 Å². The number of nitrogens with zero attached hydrogens (tertiary/aromatic N) is 2. The van der Waals surface area contributed by atoms with E-state index in [1.807, 2.05) is 6.92 Å². The number of aliphatic imine (C=N–C) groups is 1. The van der Waals surface area contributed by atoms with Crippen LogP contribution in [-0.4, -0.2) is 47.7 Å². The van der Waals surface area contributed by atoms with Gasteiger partial charge in [-0.3, -0.25) is 4.90 Å². The van der Waals surface area contributed by atoms with Gasteiger partial charge in [-0.25, -0.2) is 9.38 Å². The molecule has 0 radical (unpaired) electrons. The van der Waals surface area contributed by atoms with Gasteiger partial charge in [0.15, 0.2) is 17.5 Å². The van der Waals surface area contributed by atoms with E-state index in [9.17, 15) is 9.50 Å². The summed E-state index contributed by atoms with van der Waals surface area (Å²) in [4.78, 5) is 7.01. The highest BCUT2D eigenvalue weighted by molar-refractivity contribution is 5.80. The van der Waals surface area contributed by atoms with Crippen molar-refractivity contribution in [1.82, 2.24) is 15.5 Å². The van der Waals surface area contributed by atoms with Crippen LogP contribution in [0.3, 0.4) is 0 Å². The van der Waals surface area contributed by atoms with Crippen molar-refractivity contribution in [3.8, 4) is 5.75 Å². The molecule has 3 N–H and O–H groups in total. The molecule has 5 nitrogen and oxygen atoms in total. The van der Waals surface area contributed by atoms with Crippen molar-refractivity contribution >= 4 is 5.96 Å². The van der Waals surface area contributed by atoms with Gasteiger partial charge < -0.3 is 15.7 Å². The number of halogens is 1. The molecule has 1 aromatic rings. The van der Waals surface area contributed by atoms with Crippen molar-refractivity contribution in [2.45, 2.75) is 46.3 Å². The molecule has 1 aliphatic heterocycles. The largest absolute Gasteiger partial charge is 0.505 e. The van der Waals surface area contributed by atoms with Gasteiger partial charge in [0, 0.05) is 31.7 Å². The molecule has 0 saturated carbocycles. The maximum atomic E-state index is 13.4. The molecule has 2 rings (SSSR count). The van der Waals surface area contributed by atoms with E-state index < -0.39 is 5.82 Å². The van der Waals surface area contributed by atoms with Crippen molar-refractivity contribution in [2.75, 3.05) is 19.6 Å². The van der Waals surface area contributed by atoms with Gasteiger partial charge in [-0.15, -0.1) is 0 Å². The second-order valence-electron chi connectivity index (χ2n) is 6.76. The molecule has 1 heterocycles. The van der Waals surface area contributed by atoms with Gasteiger partial charge in [0.05, 0.1) is 6.54 Å². The third-order valence-electron chi connectivity index (χ3n) is 4.47. The van der Waals surface area contributed by atoms with Gasteiger partial charge in [-0.1, -0.05) is 13.0 Å². The molecule has 0 spiro atoms. The number of benzene rings is 1. The quantitative estimate of drug-likeness (QED) is 0.570. The number of rotatable bonds is 5. The van der Waals surface area contributed by atoms with Crippen LogP contribution in [0.2, 0.25) is 0 Å². The Balaban J connectivity index is 2.01. The van der Waals surface area contributed by atoms with E-state index in [0.717, 1.165) is 31.2 Å². The fourth-order valence-corrected chi connectivity index (χ4v) is 2.93. The number of hydrogen-bond donors (Lipinski definition) is 3. The highest BCUT2D eigenvalue weighted by atomic mass is 19.1. The number of phenolic OH excluding ortho intramolecular Hbond substituents is 1. The highest BCUT2D eigenvalue weighted by Crippen LogP contribution is 2.19. The number of likely N-dealkylation sites (tertiary alicyclic amines) is 1. The summed E-state index contributed by atoms with van der Waals surface area (Å²) in [6.45, 7) is 11.9. The number of nitrogens with one attached hydrogen (secondary N) is 2. The molecule has 1 aromatic carbocycles. The normalized spacial score (nSPS) is 22.2. The van der Waals surface area contributed by atoms with Gasteiger partial charge in [0.2, 0.25) is 0 Å². The van der Waals surface area contributed by atoms with E-state index in [1.54, 1.807) is 6.07 Å². The second kappa shape index (κ2) is 8.33. The first-order chi connectivity index (χ1) is 11.4. The zero-order valence-corrected chi connectivity index (χ0v) is 15.0. The molecule has 24 heavy (non-hydrogen) atoms. The first-order valence-corrected chi connectivity index (χ1v) is 8.67. The molecular formula is C18H29FN4O. The minimum Gasteiger partial charge on any atom is -0.505 e. The van der Waals surface area contributed by atoms with Gasteiger partial charge >= 0.3 is 0 Å². The van der Waals surface area contributed by atoms with Crippen LogP contribution < -0.4 is 10.6 Å². The molecule has 1 aliphatic rings. The number of guanidine groups is 1. The molecule has 2 atom stereocenters. The lowest BCUT2D eigenvalue weighted by Gasteiger charge is -2.22. The van der Waals surface area contributed by atoms with Crippen LogP contribution in [0.25, 0.3) is 0 Å². The first kappa shape index (κ1) is 18.5. The van der Waals surface area contributed by atoms with Crippen LogP contribution in [0.5, 0.6) is 5.75 Å². The molecule has 0 bridgehead atoms. The van der Waals surface area contributed by atoms with Gasteiger partial charge in [-0.05, 0) is 44.4 Å². The van der Waals surface area contributed by atoms with Gasteiger partial charge in [0.1, 0.15) is 0 Å². The summed E-state index contributed by atoms with van der Waals surface area (Å²) in [5.41, 5.74) is 0.728. The van der Waals surface area contributed by atoms with E-state index in [4.69, 9.17) is 0 Å². The Hall–Kier alpha value is -1.82. The lowest BCUT2D eigenvalue weighted by atomic mass is 10.1. The van der Waals surface area contributed by atoms with E-state index in [2.05, 4.69) is 41.3 Å². The summed E-state index contributed by atoms with van der Waals surface area (Å²) in [6.07, 6.45) is 0. The summed E-state index contributed by atoms with van der Waals surface area (Å²) in [6, 6.07) is 5.26. The van der Waals surface area contributed by atoms with E-state index in [0.29, 0.717) is 24.5 Å². The summed E-state index contributed by atoms with van der Waals surface area (Å²) in [5, 5.41) is 16.0. The Morgan fingerprint density at radius 2 is 2.17 bits per heavy atom. The second-order valence-corrected chi connectivity index (χ2v) is 6.76. The smallest absolute Gasteiger partial charge is 0.191 e. The highest BCUT2D eigenvalue weighted by Gasteiger charge is 2.31. The molecule has 2 unspecified atom stereocenters. The third-order valence-corrected chi connectivity index (χ3v) is 4.47. The summed E-state index contributed by atoms with van der Waals surface area (Å²) in [7, 11) is 0. The number of aromatic hydroxyl groups is 1. The monoisotopic (exact) mass is 336 g/mol. The Morgan fingerprint density at radius 3 is 2.75 bits per heavy atom. The zero-order valence-electron chi connectivity index (χ0n) is 15.0. The van der Waals surface area contributed by atoms with Gasteiger partial charge in [0.25, 0.3) is 0 Å². The third kappa shape index (κ3) is 4.84. The minimum absolute atomic E-state index is 0.332. The Kier molecular flexibility index (Phi) is 6.43. The Morgan fingerprint density at radius 1 is 1.42 bits per heavy atom. The van der Waals surface area contributed by atoms with Crippen LogP contribution in [0.15, 0.2) is 23.2 Å². The lowest BCUT2D eigenvalue weighted by Crippen LogP contribution is -2.46. The SMILES string of the molecule is CCNC(=NCc1ccc(O)c(F)c1)NC1CN(C(C)C)CC1C. The number of hydrogen-bond acceptors (Lipinski definition) is 3. The first-order valence-electron chi connectivity index (χ1n) is 8.67. The predicted molar refractivity (Wildman–Crippen MR) is 95.7 cm³/mol. The Labute approximate surface area is 144 Å². The molecule has 6 heteroatoms. The van der Waals surface area contributed by atoms with E-state index in [1.165, 1.54) is 12.1 Å². The van der Waals surface area contributed by atoms with Gasteiger partial charge in [-0.2, -0.15) is 0 Å². The standard InChI is InChI=1S/C18H29FN4O/c1-5-20-18(21-9-14-6-7-17(24)15(19)8-14)22-16-11-23(12(2)3)10-13(16)4/h6-8,12-13,16,24H,5,9-11H2,1-4H3,(H2,20,21,22). The minimum atomic E-state index is -0.613. The fraction of sp³-hybridized carbons (Fsp3) is 0.611. The lowest BCUT2D eigenvalue weighted by molar-refractivity contribution is 0.265. The average molecular weight is 336 g/mol. The average Bonchev–Trinajstić information content (AvgIpc) is 2.90. The number of phenols is 1. The van der Waals surface area contributed by atoms with Crippen molar-refractivity contribution in [1.29, 1.82) is 0 Å². The van der Waals surface area contributed by atoms with Crippen LogP contribution in [0.4, 0.5) is 4.39 Å². The molecule has 0 aromatic heterocycles. The fourth-order valence-electron chi connectivity index (χ4n) is 2.93. The van der Waals surface area contributed by atoms with E-state index >= 15 is 0 Å². The van der Waals surface area contributed by atoms with Crippen molar-refractivity contribution < 1.29 is 9.50 Å². The summed E-state index contributed by atoms with van der Waals surface area (Å²) >= 11 is 0. The van der Waals surface area contributed by atoms with Crippen LogP contribution in [-0.2, 0) is 6.54 Å². The maximum Gasteiger partial charge on any atom is 0.191 e. The van der Waals surface area contributed by atoms with Crippen LogP contribution in [0.1, 0.15) is 33.3 Å². The van der Waals surface area contributed by atoms with E-state index in [-0.39, 0.29) is 5.75 Å².